The van der Waals surface area contributed by atoms with Crippen molar-refractivity contribution in [3.05, 3.63) is 71.3 Å². The maximum Gasteiger partial charge on any atom is 0.168 e. The van der Waals surface area contributed by atoms with E-state index in [0.29, 0.717) is 11.7 Å². The van der Waals surface area contributed by atoms with Crippen molar-refractivity contribution in [3.8, 4) is 0 Å². The molecule has 1 N–H and O–H groups in total. The minimum absolute atomic E-state index is 0.0594. The number of fused-ring (bicyclic) bond motifs is 1. The SMILES string of the molecule is CC(C)C1C(=O)c2ccccc2C1NCCCc1ccccc1. The Bertz CT molecular complexity index is 663. The highest BCUT2D eigenvalue weighted by Crippen LogP contribution is 2.39. The van der Waals surface area contributed by atoms with Crippen LogP contribution >= 0.6 is 0 Å². The Kier molecular flexibility index (Phi) is 4.92. The molecule has 0 bridgehead atoms. The monoisotopic (exact) mass is 307 g/mol. The van der Waals surface area contributed by atoms with E-state index in [0.717, 1.165) is 24.9 Å². The van der Waals surface area contributed by atoms with E-state index in [2.05, 4.69) is 55.6 Å². The normalized spacial score (nSPS) is 20.0. The number of Topliss-reactive ketones (excluding diaryl/α,β-unsaturated/α-hetero) is 1. The van der Waals surface area contributed by atoms with Crippen LogP contribution in [0, 0.1) is 11.8 Å². The largest absolute Gasteiger partial charge is 0.309 e. The number of carbonyl (C=O) groups is 1. The summed E-state index contributed by atoms with van der Waals surface area (Å²) in [6.45, 7) is 5.23. The Hall–Kier alpha value is -1.93. The highest BCUT2D eigenvalue weighted by atomic mass is 16.1. The third-order valence-corrected chi connectivity index (χ3v) is 4.79. The fraction of sp³-hybridized carbons (Fsp3) is 0.381. The van der Waals surface area contributed by atoms with E-state index in [9.17, 15) is 4.79 Å². The van der Waals surface area contributed by atoms with Gasteiger partial charge in [-0.2, -0.15) is 0 Å². The second-order valence-corrected chi connectivity index (χ2v) is 6.74. The minimum Gasteiger partial charge on any atom is -0.309 e. The van der Waals surface area contributed by atoms with Crippen molar-refractivity contribution >= 4 is 5.78 Å². The van der Waals surface area contributed by atoms with Crippen molar-refractivity contribution in [2.24, 2.45) is 11.8 Å². The van der Waals surface area contributed by atoms with Gasteiger partial charge in [-0.1, -0.05) is 68.4 Å². The molecule has 2 atom stereocenters. The number of benzene rings is 2. The van der Waals surface area contributed by atoms with Crippen LogP contribution in [-0.4, -0.2) is 12.3 Å². The summed E-state index contributed by atoms with van der Waals surface area (Å²) in [6, 6.07) is 18.8. The van der Waals surface area contributed by atoms with Crippen LogP contribution in [0.15, 0.2) is 54.6 Å². The summed E-state index contributed by atoms with van der Waals surface area (Å²) >= 11 is 0. The van der Waals surface area contributed by atoms with Crippen LogP contribution in [-0.2, 0) is 6.42 Å². The zero-order chi connectivity index (χ0) is 16.2. The van der Waals surface area contributed by atoms with Gasteiger partial charge >= 0.3 is 0 Å². The smallest absolute Gasteiger partial charge is 0.168 e. The van der Waals surface area contributed by atoms with Crippen LogP contribution in [0.25, 0.3) is 0 Å². The van der Waals surface area contributed by atoms with E-state index >= 15 is 0 Å². The van der Waals surface area contributed by atoms with Crippen molar-refractivity contribution in [2.45, 2.75) is 32.7 Å². The molecule has 0 fully saturated rings. The lowest BCUT2D eigenvalue weighted by Crippen LogP contribution is -2.31. The molecule has 0 radical (unpaired) electrons. The van der Waals surface area contributed by atoms with Crippen LogP contribution in [0.2, 0.25) is 0 Å². The lowest BCUT2D eigenvalue weighted by molar-refractivity contribution is 0.0875. The molecule has 0 saturated carbocycles. The van der Waals surface area contributed by atoms with E-state index in [1.54, 1.807) is 0 Å². The zero-order valence-electron chi connectivity index (χ0n) is 14.0. The second kappa shape index (κ2) is 7.10. The van der Waals surface area contributed by atoms with Crippen LogP contribution < -0.4 is 5.32 Å². The third kappa shape index (κ3) is 3.37. The Balaban J connectivity index is 1.64. The van der Waals surface area contributed by atoms with Crippen molar-refractivity contribution in [3.63, 3.8) is 0 Å². The number of nitrogens with one attached hydrogen (secondary N) is 1. The van der Waals surface area contributed by atoms with Gasteiger partial charge in [0.25, 0.3) is 0 Å². The molecule has 2 heteroatoms. The molecule has 2 aromatic rings. The zero-order valence-corrected chi connectivity index (χ0v) is 14.0. The minimum atomic E-state index is 0.0594. The van der Waals surface area contributed by atoms with E-state index in [1.165, 1.54) is 11.1 Å². The van der Waals surface area contributed by atoms with Gasteiger partial charge in [0.2, 0.25) is 0 Å². The number of rotatable bonds is 6. The van der Waals surface area contributed by atoms with Gasteiger partial charge in [0.05, 0.1) is 0 Å². The van der Waals surface area contributed by atoms with Crippen molar-refractivity contribution in [2.75, 3.05) is 6.54 Å². The summed E-state index contributed by atoms with van der Waals surface area (Å²) in [5.74, 6) is 0.710. The summed E-state index contributed by atoms with van der Waals surface area (Å²) in [7, 11) is 0. The fourth-order valence-electron chi connectivity index (χ4n) is 3.64. The predicted molar refractivity (Wildman–Crippen MR) is 94.6 cm³/mol. The number of carbonyl (C=O) groups excluding carboxylic acids is 1. The molecule has 0 spiro atoms. The lowest BCUT2D eigenvalue weighted by atomic mass is 9.88. The van der Waals surface area contributed by atoms with E-state index in [4.69, 9.17) is 0 Å². The van der Waals surface area contributed by atoms with Crippen LogP contribution in [0.1, 0.15) is 47.8 Å². The average molecular weight is 307 g/mol. The van der Waals surface area contributed by atoms with Gasteiger partial charge < -0.3 is 5.32 Å². The first-order chi connectivity index (χ1) is 11.2. The van der Waals surface area contributed by atoms with Crippen LogP contribution in [0.3, 0.4) is 0 Å². The summed E-state index contributed by atoms with van der Waals surface area (Å²) < 4.78 is 0. The lowest BCUT2D eigenvalue weighted by Gasteiger charge is -2.24. The van der Waals surface area contributed by atoms with Gasteiger partial charge in [0.1, 0.15) is 0 Å². The molecule has 2 nitrogen and oxygen atoms in total. The van der Waals surface area contributed by atoms with Gasteiger partial charge in [-0.05, 0) is 36.4 Å². The van der Waals surface area contributed by atoms with Gasteiger partial charge in [-0.3, -0.25) is 4.79 Å². The number of ketones is 1. The molecule has 2 unspecified atom stereocenters. The van der Waals surface area contributed by atoms with Gasteiger partial charge in [-0.15, -0.1) is 0 Å². The first kappa shape index (κ1) is 15.9. The molecule has 1 aliphatic carbocycles. The number of hydrogen-bond donors (Lipinski definition) is 1. The Labute approximate surface area is 138 Å². The van der Waals surface area contributed by atoms with Crippen LogP contribution in [0.4, 0.5) is 0 Å². The van der Waals surface area contributed by atoms with Gasteiger partial charge in [0, 0.05) is 17.5 Å². The maximum atomic E-state index is 12.7. The molecular formula is C21H25NO. The standard InChI is InChI=1S/C21H25NO/c1-15(2)19-20(17-12-6-7-13-18(17)21(19)23)22-14-8-11-16-9-4-3-5-10-16/h3-7,9-10,12-13,15,19-20,22H,8,11,14H2,1-2H3. The quantitative estimate of drug-likeness (QED) is 0.800. The first-order valence-electron chi connectivity index (χ1n) is 8.59. The molecule has 0 aliphatic heterocycles. The predicted octanol–water partition coefficient (Wildman–Crippen LogP) is 4.42. The number of hydrogen-bond acceptors (Lipinski definition) is 2. The Morgan fingerprint density at radius 3 is 2.43 bits per heavy atom. The molecule has 0 amide bonds. The summed E-state index contributed by atoms with van der Waals surface area (Å²) in [4.78, 5) is 12.7. The molecule has 23 heavy (non-hydrogen) atoms. The highest BCUT2D eigenvalue weighted by molar-refractivity contribution is 6.03. The topological polar surface area (TPSA) is 29.1 Å². The molecule has 3 rings (SSSR count). The van der Waals surface area contributed by atoms with Gasteiger partial charge in [0.15, 0.2) is 5.78 Å². The van der Waals surface area contributed by atoms with E-state index in [-0.39, 0.29) is 12.0 Å². The molecule has 120 valence electrons. The van der Waals surface area contributed by atoms with Crippen molar-refractivity contribution in [1.82, 2.24) is 5.32 Å². The van der Waals surface area contributed by atoms with E-state index < -0.39 is 0 Å². The summed E-state index contributed by atoms with van der Waals surface area (Å²) in [6.07, 6.45) is 2.16. The maximum absolute atomic E-state index is 12.7. The van der Waals surface area contributed by atoms with Crippen LogP contribution in [0.5, 0.6) is 0 Å². The highest BCUT2D eigenvalue weighted by Gasteiger charge is 2.40. The van der Waals surface area contributed by atoms with E-state index in [1.807, 2.05) is 18.2 Å². The molecule has 0 saturated heterocycles. The molecular weight excluding hydrogens is 282 g/mol. The molecule has 1 aliphatic rings. The summed E-state index contributed by atoms with van der Waals surface area (Å²) in [5.41, 5.74) is 3.46. The second-order valence-electron chi connectivity index (χ2n) is 6.74. The Morgan fingerprint density at radius 1 is 1.00 bits per heavy atom. The average Bonchev–Trinajstić information content (AvgIpc) is 2.85. The molecule has 0 heterocycles. The third-order valence-electron chi connectivity index (χ3n) is 4.79. The summed E-state index contributed by atoms with van der Waals surface area (Å²) in [5, 5.41) is 3.65. The molecule has 2 aromatic carbocycles. The fourth-order valence-corrected chi connectivity index (χ4v) is 3.64. The number of aryl methyl sites for hydroxylation is 1. The first-order valence-corrected chi connectivity index (χ1v) is 8.59. The Morgan fingerprint density at radius 2 is 1.70 bits per heavy atom. The molecule has 0 aromatic heterocycles. The van der Waals surface area contributed by atoms with Gasteiger partial charge in [-0.25, -0.2) is 0 Å². The van der Waals surface area contributed by atoms with Crippen molar-refractivity contribution in [1.29, 1.82) is 0 Å². The van der Waals surface area contributed by atoms with Crippen molar-refractivity contribution < 1.29 is 4.79 Å².